The molecule has 6 heteroatoms. The number of aliphatic carboxylic acids is 1. The van der Waals surface area contributed by atoms with Crippen LogP contribution in [0, 0.1) is 6.92 Å². The Labute approximate surface area is 108 Å². The summed E-state index contributed by atoms with van der Waals surface area (Å²) in [4.78, 5) is 14.9. The number of hydrogen-bond acceptors (Lipinski definition) is 4. The Bertz CT molecular complexity index is 757. The van der Waals surface area contributed by atoms with Gasteiger partial charge in [0.2, 0.25) is 0 Å². The third-order valence-corrected chi connectivity index (χ3v) is 2.76. The van der Waals surface area contributed by atoms with Gasteiger partial charge in [0.1, 0.15) is 5.52 Å². The maximum Gasteiger partial charge on any atom is 0.309 e. The highest BCUT2D eigenvalue weighted by Crippen LogP contribution is 2.23. The Balaban J connectivity index is 1.98. The molecule has 19 heavy (non-hydrogen) atoms. The van der Waals surface area contributed by atoms with Crippen molar-refractivity contribution in [3.05, 3.63) is 35.9 Å². The number of H-pyrrole nitrogens is 1. The average Bonchev–Trinajstić information content (AvgIpc) is 2.92. The zero-order valence-corrected chi connectivity index (χ0v) is 10.2. The lowest BCUT2D eigenvalue weighted by atomic mass is 10.1. The molecular weight excluding hydrogens is 246 g/mol. The second kappa shape index (κ2) is 4.24. The molecule has 0 radical (unpaired) electrons. The number of aryl methyl sites for hydroxylation is 1. The summed E-state index contributed by atoms with van der Waals surface area (Å²) in [5.74, 6) is -0.279. The highest BCUT2D eigenvalue weighted by molar-refractivity contribution is 5.79. The zero-order valence-electron chi connectivity index (χ0n) is 10.2. The van der Waals surface area contributed by atoms with Gasteiger partial charge in [0.25, 0.3) is 0 Å². The van der Waals surface area contributed by atoms with Crippen molar-refractivity contribution < 1.29 is 14.3 Å². The SMILES string of the molecule is Cc1nc2cc(-c3cc(CC(=O)O)[nH]n3)ccc2o1. The lowest BCUT2D eigenvalue weighted by molar-refractivity contribution is -0.136. The molecule has 2 heterocycles. The quantitative estimate of drug-likeness (QED) is 0.750. The smallest absolute Gasteiger partial charge is 0.309 e. The number of carboxylic acid groups (broad SMARTS) is 1. The molecule has 0 aliphatic carbocycles. The summed E-state index contributed by atoms with van der Waals surface area (Å²) in [5.41, 5.74) is 3.62. The molecule has 96 valence electrons. The fraction of sp³-hybridized carbons (Fsp3) is 0.154. The van der Waals surface area contributed by atoms with Crippen molar-refractivity contribution in [2.24, 2.45) is 0 Å². The first-order valence-corrected chi connectivity index (χ1v) is 5.75. The molecule has 0 amide bonds. The minimum Gasteiger partial charge on any atom is -0.481 e. The molecule has 0 atom stereocenters. The third-order valence-electron chi connectivity index (χ3n) is 2.76. The number of rotatable bonds is 3. The fourth-order valence-corrected chi connectivity index (χ4v) is 1.96. The number of carboxylic acids is 1. The maximum absolute atomic E-state index is 10.6. The van der Waals surface area contributed by atoms with Crippen LogP contribution in [-0.2, 0) is 11.2 Å². The maximum atomic E-state index is 10.6. The summed E-state index contributed by atoms with van der Waals surface area (Å²) in [6, 6.07) is 7.29. The van der Waals surface area contributed by atoms with Gasteiger partial charge in [-0.15, -0.1) is 0 Å². The van der Waals surface area contributed by atoms with E-state index in [9.17, 15) is 4.79 Å². The number of aromatic amines is 1. The number of carbonyl (C=O) groups is 1. The minimum atomic E-state index is -0.891. The van der Waals surface area contributed by atoms with Crippen LogP contribution < -0.4 is 0 Å². The Morgan fingerprint density at radius 3 is 3.05 bits per heavy atom. The second-order valence-electron chi connectivity index (χ2n) is 4.26. The van der Waals surface area contributed by atoms with Crippen LogP contribution in [0.4, 0.5) is 0 Å². The van der Waals surface area contributed by atoms with Crippen LogP contribution in [0.3, 0.4) is 0 Å². The topological polar surface area (TPSA) is 92.0 Å². The van der Waals surface area contributed by atoms with Gasteiger partial charge < -0.3 is 9.52 Å². The third kappa shape index (κ3) is 2.20. The van der Waals surface area contributed by atoms with E-state index in [1.165, 1.54) is 0 Å². The first kappa shape index (κ1) is 11.5. The van der Waals surface area contributed by atoms with Gasteiger partial charge in [-0.1, -0.05) is 0 Å². The molecule has 0 fully saturated rings. The molecule has 0 saturated carbocycles. The molecule has 6 nitrogen and oxygen atoms in total. The Hall–Kier alpha value is -2.63. The van der Waals surface area contributed by atoms with Crippen LogP contribution in [0.5, 0.6) is 0 Å². The predicted octanol–water partition coefficient (Wildman–Crippen LogP) is 2.15. The van der Waals surface area contributed by atoms with E-state index in [4.69, 9.17) is 9.52 Å². The number of oxazole rings is 1. The number of hydrogen-bond donors (Lipinski definition) is 2. The summed E-state index contributed by atoms with van der Waals surface area (Å²) in [6.07, 6.45) is -0.0711. The standard InChI is InChI=1S/C13H11N3O3/c1-7-14-11-4-8(2-3-12(11)19-7)10-5-9(15-16-10)6-13(17)18/h2-5H,6H2,1H3,(H,15,16)(H,17,18). The molecule has 0 spiro atoms. The summed E-state index contributed by atoms with van der Waals surface area (Å²) in [6.45, 7) is 1.79. The van der Waals surface area contributed by atoms with Crippen LogP contribution in [0.2, 0.25) is 0 Å². The number of benzene rings is 1. The Morgan fingerprint density at radius 2 is 2.26 bits per heavy atom. The molecule has 2 N–H and O–H groups in total. The van der Waals surface area contributed by atoms with Crippen molar-refractivity contribution in [2.45, 2.75) is 13.3 Å². The van der Waals surface area contributed by atoms with Gasteiger partial charge in [0.15, 0.2) is 11.5 Å². The summed E-state index contributed by atoms with van der Waals surface area (Å²) in [5, 5.41) is 15.5. The molecule has 0 bridgehead atoms. The van der Waals surface area contributed by atoms with E-state index < -0.39 is 5.97 Å². The van der Waals surface area contributed by atoms with Crippen LogP contribution in [-0.4, -0.2) is 26.3 Å². The first-order chi connectivity index (χ1) is 9.11. The summed E-state index contributed by atoms with van der Waals surface area (Å²) >= 11 is 0. The molecule has 3 rings (SSSR count). The molecular formula is C13H11N3O3. The number of nitrogens with one attached hydrogen (secondary N) is 1. The van der Waals surface area contributed by atoms with E-state index in [2.05, 4.69) is 15.2 Å². The van der Waals surface area contributed by atoms with Gasteiger partial charge in [0.05, 0.1) is 12.1 Å². The van der Waals surface area contributed by atoms with Gasteiger partial charge in [0, 0.05) is 18.2 Å². The van der Waals surface area contributed by atoms with Crippen LogP contribution >= 0.6 is 0 Å². The lowest BCUT2D eigenvalue weighted by Crippen LogP contribution is -1.99. The zero-order chi connectivity index (χ0) is 13.4. The van der Waals surface area contributed by atoms with Crippen molar-refractivity contribution in [1.29, 1.82) is 0 Å². The van der Waals surface area contributed by atoms with Crippen molar-refractivity contribution in [3.8, 4) is 11.3 Å². The van der Waals surface area contributed by atoms with E-state index in [1.807, 2.05) is 18.2 Å². The van der Waals surface area contributed by atoms with E-state index in [-0.39, 0.29) is 6.42 Å². The van der Waals surface area contributed by atoms with Crippen molar-refractivity contribution in [3.63, 3.8) is 0 Å². The molecule has 1 aromatic carbocycles. The van der Waals surface area contributed by atoms with Crippen LogP contribution in [0.15, 0.2) is 28.7 Å². The minimum absolute atomic E-state index is 0.0711. The van der Waals surface area contributed by atoms with Crippen LogP contribution in [0.1, 0.15) is 11.6 Å². The number of fused-ring (bicyclic) bond motifs is 1. The van der Waals surface area contributed by atoms with Crippen molar-refractivity contribution >= 4 is 17.1 Å². The van der Waals surface area contributed by atoms with Crippen molar-refractivity contribution in [1.82, 2.24) is 15.2 Å². The average molecular weight is 257 g/mol. The fourth-order valence-electron chi connectivity index (χ4n) is 1.96. The van der Waals surface area contributed by atoms with Gasteiger partial charge >= 0.3 is 5.97 Å². The summed E-state index contributed by atoms with van der Waals surface area (Å²) < 4.78 is 5.40. The molecule has 0 aliphatic rings. The molecule has 2 aromatic heterocycles. The Morgan fingerprint density at radius 1 is 1.42 bits per heavy atom. The first-order valence-electron chi connectivity index (χ1n) is 5.75. The predicted molar refractivity (Wildman–Crippen MR) is 67.7 cm³/mol. The van der Waals surface area contributed by atoms with Crippen molar-refractivity contribution in [2.75, 3.05) is 0 Å². The Kier molecular flexibility index (Phi) is 2.56. The van der Waals surface area contributed by atoms with Gasteiger partial charge in [-0.3, -0.25) is 9.89 Å². The molecule has 0 unspecified atom stereocenters. The second-order valence-corrected chi connectivity index (χ2v) is 4.26. The van der Waals surface area contributed by atoms with E-state index >= 15 is 0 Å². The number of nitrogens with zero attached hydrogens (tertiary/aromatic N) is 2. The van der Waals surface area contributed by atoms with E-state index in [0.29, 0.717) is 17.3 Å². The highest BCUT2D eigenvalue weighted by Gasteiger charge is 2.09. The van der Waals surface area contributed by atoms with Gasteiger partial charge in [-0.2, -0.15) is 5.10 Å². The summed E-state index contributed by atoms with van der Waals surface area (Å²) in [7, 11) is 0. The number of aromatic nitrogens is 3. The molecule has 3 aromatic rings. The van der Waals surface area contributed by atoms with E-state index in [1.54, 1.807) is 13.0 Å². The van der Waals surface area contributed by atoms with Crippen LogP contribution in [0.25, 0.3) is 22.4 Å². The monoisotopic (exact) mass is 257 g/mol. The van der Waals surface area contributed by atoms with Gasteiger partial charge in [-0.25, -0.2) is 4.98 Å². The molecule has 0 aliphatic heterocycles. The molecule has 0 saturated heterocycles. The lowest BCUT2D eigenvalue weighted by Gasteiger charge is -1.94. The van der Waals surface area contributed by atoms with E-state index in [0.717, 1.165) is 16.7 Å². The largest absolute Gasteiger partial charge is 0.481 e. The normalized spacial score (nSPS) is 11.0. The van der Waals surface area contributed by atoms with Gasteiger partial charge in [-0.05, 0) is 24.3 Å². The highest BCUT2D eigenvalue weighted by atomic mass is 16.4.